The largest absolute Gasteiger partial charge is 0.274 e. The van der Waals surface area contributed by atoms with E-state index in [1.165, 1.54) is 4.90 Å². The Morgan fingerprint density at radius 3 is 2.41 bits per heavy atom. The molecule has 3 aromatic carbocycles. The molecule has 0 aliphatic carbocycles. The lowest BCUT2D eigenvalue weighted by atomic mass is 9.75. The molecule has 1 fully saturated rings. The van der Waals surface area contributed by atoms with Crippen LogP contribution in [0.25, 0.3) is 10.8 Å². The number of aromatic amines is 1. The van der Waals surface area contributed by atoms with Crippen LogP contribution in [0.2, 0.25) is 0 Å². The quantitative estimate of drug-likeness (QED) is 0.437. The Morgan fingerprint density at radius 2 is 1.65 bits per heavy atom. The third kappa shape index (κ3) is 3.61. The van der Waals surface area contributed by atoms with Gasteiger partial charge in [-0.3, -0.25) is 14.4 Å². The van der Waals surface area contributed by atoms with Crippen molar-refractivity contribution in [3.8, 4) is 0 Å². The molecule has 0 spiro atoms. The highest BCUT2D eigenvalue weighted by Gasteiger charge is 2.52. The third-order valence-electron chi connectivity index (χ3n) is 6.63. The fourth-order valence-electron chi connectivity index (χ4n) is 5.06. The van der Waals surface area contributed by atoms with E-state index < -0.39 is 5.41 Å². The van der Waals surface area contributed by atoms with Gasteiger partial charge in [-0.25, -0.2) is 10.00 Å². The first-order valence-corrected chi connectivity index (χ1v) is 11.5. The third-order valence-corrected chi connectivity index (χ3v) is 6.63. The molecule has 1 atom stereocenters. The standard InChI is InChI=1S/C28H25N3O3/c1-2-15-28(20-10-4-3-5-11-20)18-25(32)31(27(28)34)21-12-8-9-19(16-21)17-24-22-13-6-7-14-23(22)26(33)30-29-24/h3-14,16H,2,15,17-18H2,1H3,(H,30,33). The molecule has 1 N–H and O–H groups in total. The van der Waals surface area contributed by atoms with Gasteiger partial charge in [-0.15, -0.1) is 0 Å². The molecule has 1 unspecified atom stereocenters. The summed E-state index contributed by atoms with van der Waals surface area (Å²) in [6.45, 7) is 2.03. The summed E-state index contributed by atoms with van der Waals surface area (Å²) in [5, 5.41) is 8.20. The van der Waals surface area contributed by atoms with E-state index in [0.29, 0.717) is 23.9 Å². The zero-order valence-corrected chi connectivity index (χ0v) is 19.0. The first-order valence-electron chi connectivity index (χ1n) is 11.5. The summed E-state index contributed by atoms with van der Waals surface area (Å²) in [6.07, 6.45) is 2.04. The maximum Gasteiger partial charge on any atom is 0.272 e. The Balaban J connectivity index is 1.50. The van der Waals surface area contributed by atoms with E-state index in [1.807, 2.05) is 73.7 Å². The van der Waals surface area contributed by atoms with Gasteiger partial charge in [0.05, 0.1) is 22.2 Å². The second kappa shape index (κ2) is 8.71. The van der Waals surface area contributed by atoms with Crippen LogP contribution in [0.5, 0.6) is 0 Å². The maximum absolute atomic E-state index is 13.8. The molecule has 1 aromatic heterocycles. The van der Waals surface area contributed by atoms with E-state index >= 15 is 0 Å². The number of hydrogen-bond acceptors (Lipinski definition) is 4. The van der Waals surface area contributed by atoms with Crippen molar-refractivity contribution in [3.63, 3.8) is 0 Å². The lowest BCUT2D eigenvalue weighted by Gasteiger charge is -2.27. The summed E-state index contributed by atoms with van der Waals surface area (Å²) in [7, 11) is 0. The summed E-state index contributed by atoms with van der Waals surface area (Å²) in [6, 6.07) is 24.4. The number of nitrogens with zero attached hydrogens (tertiary/aromatic N) is 2. The SMILES string of the molecule is CCCC1(c2ccccc2)CC(=O)N(c2cccc(Cc3n[nH]c(=O)c4ccccc34)c2)C1=O. The zero-order chi connectivity index (χ0) is 23.7. The highest BCUT2D eigenvalue weighted by molar-refractivity contribution is 6.24. The fraction of sp³-hybridized carbons (Fsp3) is 0.214. The summed E-state index contributed by atoms with van der Waals surface area (Å²) in [5.41, 5.74) is 2.02. The summed E-state index contributed by atoms with van der Waals surface area (Å²) >= 11 is 0. The number of carbonyl (C=O) groups is 2. The van der Waals surface area contributed by atoms with Gasteiger partial charge in [-0.05, 0) is 35.7 Å². The molecular formula is C28H25N3O3. The van der Waals surface area contributed by atoms with Crippen LogP contribution in [0.4, 0.5) is 5.69 Å². The Labute approximate surface area is 197 Å². The number of imide groups is 1. The average molecular weight is 452 g/mol. The highest BCUT2D eigenvalue weighted by Crippen LogP contribution is 2.42. The van der Waals surface area contributed by atoms with Crippen molar-refractivity contribution >= 4 is 28.3 Å². The topological polar surface area (TPSA) is 83.1 Å². The van der Waals surface area contributed by atoms with Crippen molar-refractivity contribution in [1.29, 1.82) is 0 Å². The van der Waals surface area contributed by atoms with Gasteiger partial charge in [-0.1, -0.05) is 74.0 Å². The molecule has 34 heavy (non-hydrogen) atoms. The highest BCUT2D eigenvalue weighted by atomic mass is 16.2. The number of fused-ring (bicyclic) bond motifs is 1. The number of hydrogen-bond donors (Lipinski definition) is 1. The first kappa shape index (κ1) is 21.8. The first-order chi connectivity index (χ1) is 16.5. The average Bonchev–Trinajstić information content (AvgIpc) is 3.12. The molecule has 170 valence electrons. The molecule has 1 aliphatic heterocycles. The van der Waals surface area contributed by atoms with Gasteiger partial charge in [-0.2, -0.15) is 5.10 Å². The predicted octanol–water partition coefficient (Wildman–Crippen LogP) is 4.52. The molecule has 1 aliphatic rings. The van der Waals surface area contributed by atoms with E-state index in [-0.39, 0.29) is 23.8 Å². The Bertz CT molecular complexity index is 1440. The summed E-state index contributed by atoms with van der Waals surface area (Å²) in [5.74, 6) is -0.359. The van der Waals surface area contributed by atoms with E-state index in [2.05, 4.69) is 10.2 Å². The number of H-pyrrole nitrogens is 1. The minimum Gasteiger partial charge on any atom is -0.274 e. The second-order valence-electron chi connectivity index (χ2n) is 8.80. The van der Waals surface area contributed by atoms with Crippen LogP contribution in [-0.2, 0) is 21.4 Å². The zero-order valence-electron chi connectivity index (χ0n) is 19.0. The van der Waals surface area contributed by atoms with Crippen molar-refractivity contribution < 1.29 is 9.59 Å². The van der Waals surface area contributed by atoms with Gasteiger partial charge in [0.2, 0.25) is 11.8 Å². The van der Waals surface area contributed by atoms with Crippen molar-refractivity contribution in [3.05, 3.63) is 106 Å². The lowest BCUT2D eigenvalue weighted by Crippen LogP contribution is -2.38. The molecule has 1 saturated heterocycles. The van der Waals surface area contributed by atoms with Gasteiger partial charge in [0.25, 0.3) is 5.56 Å². The maximum atomic E-state index is 13.8. The van der Waals surface area contributed by atoms with Crippen LogP contribution in [0.3, 0.4) is 0 Å². The van der Waals surface area contributed by atoms with Crippen molar-refractivity contribution in [2.45, 2.75) is 38.0 Å². The molecule has 6 nitrogen and oxygen atoms in total. The number of nitrogens with one attached hydrogen (secondary N) is 1. The van der Waals surface area contributed by atoms with Gasteiger partial charge < -0.3 is 0 Å². The molecule has 4 aromatic rings. The van der Waals surface area contributed by atoms with Crippen molar-refractivity contribution in [1.82, 2.24) is 10.2 Å². The van der Waals surface area contributed by atoms with Gasteiger partial charge in [0.15, 0.2) is 0 Å². The Kier molecular flexibility index (Phi) is 5.57. The van der Waals surface area contributed by atoms with Crippen LogP contribution in [0.15, 0.2) is 83.7 Å². The molecular weight excluding hydrogens is 426 g/mol. The number of carbonyl (C=O) groups excluding carboxylic acids is 2. The molecule has 2 amide bonds. The molecule has 0 saturated carbocycles. The predicted molar refractivity (Wildman–Crippen MR) is 132 cm³/mol. The van der Waals surface area contributed by atoms with Crippen molar-refractivity contribution in [2.24, 2.45) is 0 Å². The number of amides is 2. The molecule has 6 heteroatoms. The van der Waals surface area contributed by atoms with Crippen LogP contribution in [0, 0.1) is 0 Å². The van der Waals surface area contributed by atoms with Crippen LogP contribution >= 0.6 is 0 Å². The van der Waals surface area contributed by atoms with E-state index in [4.69, 9.17) is 0 Å². The van der Waals surface area contributed by atoms with Crippen LogP contribution in [-0.4, -0.2) is 22.0 Å². The molecule has 0 radical (unpaired) electrons. The normalized spacial score (nSPS) is 18.1. The Hall–Kier alpha value is -4.06. The molecule has 5 rings (SSSR count). The van der Waals surface area contributed by atoms with Gasteiger partial charge in [0.1, 0.15) is 0 Å². The molecule has 2 heterocycles. The number of rotatable bonds is 6. The second-order valence-corrected chi connectivity index (χ2v) is 8.80. The number of anilines is 1. The van der Waals surface area contributed by atoms with E-state index in [1.54, 1.807) is 12.1 Å². The summed E-state index contributed by atoms with van der Waals surface area (Å²) in [4.78, 5) is 40.4. The van der Waals surface area contributed by atoms with Gasteiger partial charge in [0, 0.05) is 18.2 Å². The van der Waals surface area contributed by atoms with E-state index in [9.17, 15) is 14.4 Å². The lowest BCUT2D eigenvalue weighted by molar-refractivity contribution is -0.123. The summed E-state index contributed by atoms with van der Waals surface area (Å²) < 4.78 is 0. The molecule has 0 bridgehead atoms. The van der Waals surface area contributed by atoms with Crippen LogP contribution < -0.4 is 10.5 Å². The Morgan fingerprint density at radius 1 is 0.912 bits per heavy atom. The smallest absolute Gasteiger partial charge is 0.272 e. The number of benzene rings is 3. The monoisotopic (exact) mass is 451 g/mol. The van der Waals surface area contributed by atoms with Crippen molar-refractivity contribution in [2.75, 3.05) is 4.90 Å². The van der Waals surface area contributed by atoms with Gasteiger partial charge >= 0.3 is 0 Å². The van der Waals surface area contributed by atoms with E-state index in [0.717, 1.165) is 28.6 Å². The number of aromatic nitrogens is 2. The minimum absolute atomic E-state index is 0.167. The van der Waals surface area contributed by atoms with Crippen LogP contribution in [0.1, 0.15) is 43.0 Å². The fourth-order valence-corrected chi connectivity index (χ4v) is 5.06. The minimum atomic E-state index is -0.834.